The van der Waals surface area contributed by atoms with Crippen LogP contribution in [0, 0.1) is 0 Å². The fourth-order valence-electron chi connectivity index (χ4n) is 3.46. The minimum atomic E-state index is -3.91. The zero-order valence-corrected chi connectivity index (χ0v) is 17.3. The number of ether oxygens (including phenoxy) is 2. The molecular weight excluding hydrogens is 408 g/mol. The largest absolute Gasteiger partial charge is 0.486 e. The molecule has 1 amide bonds. The van der Waals surface area contributed by atoms with Crippen molar-refractivity contribution in [2.45, 2.75) is 31.0 Å². The Labute approximate surface area is 174 Å². The van der Waals surface area contributed by atoms with Crippen LogP contribution in [0.4, 0.5) is 0 Å². The average molecular weight is 430 g/mol. The Hall–Kier alpha value is -3.11. The van der Waals surface area contributed by atoms with Crippen LogP contribution in [0.5, 0.6) is 11.5 Å². The second-order valence-electron chi connectivity index (χ2n) is 6.95. The Balaban J connectivity index is 1.55. The van der Waals surface area contributed by atoms with Crippen LogP contribution in [0.25, 0.3) is 0 Å². The minimum Gasteiger partial charge on any atom is -0.486 e. The highest BCUT2D eigenvalue weighted by atomic mass is 32.2. The molecule has 0 fully saturated rings. The molecule has 0 saturated carbocycles. The van der Waals surface area contributed by atoms with Crippen LogP contribution in [0.2, 0.25) is 0 Å². The van der Waals surface area contributed by atoms with Crippen molar-refractivity contribution >= 4 is 15.9 Å². The average Bonchev–Trinajstić information content (AvgIpc) is 3.33. The van der Waals surface area contributed by atoms with Crippen molar-refractivity contribution in [1.29, 1.82) is 0 Å². The lowest BCUT2D eigenvalue weighted by Crippen LogP contribution is -2.42. The standard InChI is InChI=1S/C20H22N4O5S/c1-3-13(4-2)19(21)20(25)23-10-14-11-24(22-16(14)12-23)30(26,27)15-5-6-17-18(9-15)29-8-7-28-17/h3-6,9,11,19H,1,7-8,10,12,21H2,2H3/b13-4-/t19-/m1/s1. The maximum atomic E-state index is 13.0. The maximum Gasteiger partial charge on any atom is 0.283 e. The molecule has 2 aliphatic rings. The first kappa shape index (κ1) is 20.2. The SMILES string of the molecule is C=C/C(=C/C)[C@@H](N)C(=O)N1Cc2cn(S(=O)(=O)c3ccc4c(c3)OCCO4)nc2C1. The zero-order valence-electron chi connectivity index (χ0n) is 16.4. The van der Waals surface area contributed by atoms with E-state index < -0.39 is 16.1 Å². The second-order valence-corrected chi connectivity index (χ2v) is 8.74. The molecule has 0 aliphatic carbocycles. The second kappa shape index (κ2) is 7.62. The van der Waals surface area contributed by atoms with Gasteiger partial charge in [-0.1, -0.05) is 18.7 Å². The van der Waals surface area contributed by atoms with E-state index in [9.17, 15) is 13.2 Å². The summed E-state index contributed by atoms with van der Waals surface area (Å²) in [4.78, 5) is 14.2. The molecule has 0 saturated heterocycles. The third kappa shape index (κ3) is 3.37. The van der Waals surface area contributed by atoms with Gasteiger partial charge in [0.15, 0.2) is 11.5 Å². The molecule has 1 atom stereocenters. The van der Waals surface area contributed by atoms with Crippen molar-refractivity contribution in [3.8, 4) is 11.5 Å². The Morgan fingerprint density at radius 1 is 1.27 bits per heavy atom. The third-order valence-electron chi connectivity index (χ3n) is 5.12. The van der Waals surface area contributed by atoms with Gasteiger partial charge in [-0.15, -0.1) is 0 Å². The summed E-state index contributed by atoms with van der Waals surface area (Å²) in [5.41, 5.74) is 7.85. The maximum absolute atomic E-state index is 13.0. The van der Waals surface area contributed by atoms with Crippen molar-refractivity contribution in [1.82, 2.24) is 14.1 Å². The molecule has 9 nitrogen and oxygen atoms in total. The van der Waals surface area contributed by atoms with E-state index in [-0.39, 0.29) is 23.9 Å². The van der Waals surface area contributed by atoms with Gasteiger partial charge in [0.05, 0.1) is 17.1 Å². The van der Waals surface area contributed by atoms with Gasteiger partial charge in [0.25, 0.3) is 10.0 Å². The predicted octanol–water partition coefficient (Wildman–Crippen LogP) is 1.19. The topological polar surface area (TPSA) is 117 Å². The summed E-state index contributed by atoms with van der Waals surface area (Å²) in [5, 5.41) is 4.22. The number of nitrogens with zero attached hydrogens (tertiary/aromatic N) is 3. The molecule has 10 heteroatoms. The van der Waals surface area contributed by atoms with Gasteiger partial charge in [-0.3, -0.25) is 4.79 Å². The van der Waals surface area contributed by atoms with Gasteiger partial charge < -0.3 is 20.1 Å². The third-order valence-corrected chi connectivity index (χ3v) is 6.65. The van der Waals surface area contributed by atoms with Gasteiger partial charge in [0.2, 0.25) is 5.91 Å². The lowest BCUT2D eigenvalue weighted by atomic mass is 10.1. The van der Waals surface area contributed by atoms with Crippen LogP contribution < -0.4 is 15.2 Å². The molecule has 158 valence electrons. The van der Waals surface area contributed by atoms with Crippen molar-refractivity contribution in [3.63, 3.8) is 0 Å². The number of fused-ring (bicyclic) bond motifs is 2. The van der Waals surface area contributed by atoms with Crippen LogP contribution in [0.15, 0.2) is 53.6 Å². The zero-order chi connectivity index (χ0) is 21.5. The normalized spacial score (nSPS) is 16.9. The van der Waals surface area contributed by atoms with Crippen molar-refractivity contribution in [2.75, 3.05) is 13.2 Å². The first-order chi connectivity index (χ1) is 14.3. The number of amides is 1. The van der Waals surface area contributed by atoms with E-state index in [0.29, 0.717) is 41.5 Å². The van der Waals surface area contributed by atoms with E-state index >= 15 is 0 Å². The number of aromatic nitrogens is 2. The van der Waals surface area contributed by atoms with E-state index in [0.717, 1.165) is 4.09 Å². The van der Waals surface area contributed by atoms with Gasteiger partial charge in [-0.25, -0.2) is 0 Å². The Morgan fingerprint density at radius 2 is 2.00 bits per heavy atom. The molecule has 2 aromatic rings. The summed E-state index contributed by atoms with van der Waals surface area (Å²) >= 11 is 0. The highest BCUT2D eigenvalue weighted by Crippen LogP contribution is 2.33. The fourth-order valence-corrected chi connectivity index (χ4v) is 4.65. The molecule has 0 unspecified atom stereocenters. The highest BCUT2D eigenvalue weighted by Gasteiger charge is 2.32. The quantitative estimate of drug-likeness (QED) is 0.708. The van der Waals surface area contributed by atoms with E-state index in [1.807, 2.05) is 0 Å². The Morgan fingerprint density at radius 3 is 2.67 bits per heavy atom. The fraction of sp³-hybridized carbons (Fsp3) is 0.300. The monoisotopic (exact) mass is 430 g/mol. The Bertz CT molecular complexity index is 1130. The first-order valence-electron chi connectivity index (χ1n) is 9.41. The molecule has 0 bridgehead atoms. The van der Waals surface area contributed by atoms with Gasteiger partial charge in [0, 0.05) is 24.4 Å². The lowest BCUT2D eigenvalue weighted by molar-refractivity contribution is -0.132. The summed E-state index contributed by atoms with van der Waals surface area (Å²) in [6.45, 7) is 6.68. The van der Waals surface area contributed by atoms with E-state index in [1.54, 1.807) is 30.0 Å². The van der Waals surface area contributed by atoms with Crippen molar-refractivity contribution in [2.24, 2.45) is 5.73 Å². The molecule has 0 radical (unpaired) electrons. The summed E-state index contributed by atoms with van der Waals surface area (Å²) < 4.78 is 37.8. The molecular formula is C20H22N4O5S. The van der Waals surface area contributed by atoms with Crippen LogP contribution in [-0.4, -0.2) is 47.7 Å². The van der Waals surface area contributed by atoms with Crippen LogP contribution >= 0.6 is 0 Å². The molecule has 1 aromatic carbocycles. The number of carbonyl (C=O) groups excluding carboxylic acids is 1. The molecule has 1 aromatic heterocycles. The van der Waals surface area contributed by atoms with E-state index in [4.69, 9.17) is 15.2 Å². The predicted molar refractivity (Wildman–Crippen MR) is 108 cm³/mol. The minimum absolute atomic E-state index is 0.0478. The number of hydrogen-bond acceptors (Lipinski definition) is 7. The highest BCUT2D eigenvalue weighted by molar-refractivity contribution is 7.89. The number of rotatable bonds is 5. The van der Waals surface area contributed by atoms with Gasteiger partial charge in [-0.05, 0) is 24.6 Å². The van der Waals surface area contributed by atoms with Crippen LogP contribution in [0.1, 0.15) is 18.2 Å². The number of allylic oxidation sites excluding steroid dienone is 1. The molecule has 30 heavy (non-hydrogen) atoms. The smallest absolute Gasteiger partial charge is 0.283 e. The first-order valence-corrected chi connectivity index (χ1v) is 10.8. The van der Waals surface area contributed by atoms with Gasteiger partial charge >= 0.3 is 0 Å². The molecule has 0 spiro atoms. The van der Waals surface area contributed by atoms with E-state index in [2.05, 4.69) is 11.7 Å². The lowest BCUT2D eigenvalue weighted by Gasteiger charge is -2.21. The van der Waals surface area contributed by atoms with Crippen molar-refractivity contribution < 1.29 is 22.7 Å². The molecule has 2 N–H and O–H groups in total. The number of hydrogen-bond donors (Lipinski definition) is 1. The number of nitrogens with two attached hydrogens (primary N) is 1. The summed E-state index contributed by atoms with van der Waals surface area (Å²) in [7, 11) is -3.91. The van der Waals surface area contributed by atoms with Crippen molar-refractivity contribution in [3.05, 3.63) is 60.0 Å². The molecule has 3 heterocycles. The van der Waals surface area contributed by atoms with E-state index in [1.165, 1.54) is 18.3 Å². The number of carbonyl (C=O) groups is 1. The Kier molecular flexibility index (Phi) is 5.12. The molecule has 2 aliphatic heterocycles. The number of benzene rings is 1. The van der Waals surface area contributed by atoms with Crippen LogP contribution in [-0.2, 0) is 27.9 Å². The van der Waals surface area contributed by atoms with Crippen LogP contribution in [0.3, 0.4) is 0 Å². The molecule has 4 rings (SSSR count). The van der Waals surface area contributed by atoms with Gasteiger partial charge in [0.1, 0.15) is 19.3 Å². The summed E-state index contributed by atoms with van der Waals surface area (Å²) in [6.07, 6.45) is 4.73. The van der Waals surface area contributed by atoms with Gasteiger partial charge in [-0.2, -0.15) is 17.6 Å². The summed E-state index contributed by atoms with van der Waals surface area (Å²) in [6, 6.07) is 3.64. The summed E-state index contributed by atoms with van der Waals surface area (Å²) in [5.74, 6) is 0.630.